The maximum Gasteiger partial charge on any atom is 0.309 e. The molecule has 0 atom stereocenters. The number of hydrogen-bond donors (Lipinski definition) is 4. The van der Waals surface area contributed by atoms with E-state index in [9.17, 15) is 8.42 Å². The van der Waals surface area contributed by atoms with E-state index in [4.69, 9.17) is 9.35 Å². The summed E-state index contributed by atoms with van der Waals surface area (Å²) in [5, 5.41) is 6.62. The molecule has 6 N–H and O–H groups in total. The van der Waals surface area contributed by atoms with Gasteiger partial charge < -0.3 is 11.5 Å². The Bertz CT molecular complexity index is 815. The number of benzene rings is 1. The minimum absolute atomic E-state index is 0.0741. The van der Waals surface area contributed by atoms with E-state index in [1.54, 1.807) is 30.6 Å². The number of fused-ring (bicyclic) bond motifs is 1. The number of aromatic amines is 1. The number of H-pyrrole nitrogens is 1. The molecule has 0 spiro atoms. The summed E-state index contributed by atoms with van der Waals surface area (Å²) in [6, 6.07) is 10.4. The van der Waals surface area contributed by atoms with Crippen LogP contribution in [0.1, 0.15) is 0 Å². The number of pyridine rings is 1. The summed E-state index contributed by atoms with van der Waals surface area (Å²) >= 11 is 0. The van der Waals surface area contributed by atoms with Crippen LogP contribution in [0.5, 0.6) is 0 Å². The van der Waals surface area contributed by atoms with Gasteiger partial charge in [-0.2, -0.15) is 13.5 Å². The number of nitrogens with two attached hydrogens (primary N) is 2. The van der Waals surface area contributed by atoms with Crippen LogP contribution in [0.4, 0.5) is 4.79 Å². The maximum atomic E-state index is 10.4. The van der Waals surface area contributed by atoms with Crippen molar-refractivity contribution in [3.05, 3.63) is 54.9 Å². The summed E-state index contributed by atoms with van der Waals surface area (Å²) in [4.78, 5) is 13.0. The van der Waals surface area contributed by atoms with Crippen molar-refractivity contribution in [1.29, 1.82) is 0 Å². The minimum atomic E-state index is -4.00. The molecule has 0 fully saturated rings. The first-order valence-electron chi connectivity index (χ1n) is 6.12. The van der Waals surface area contributed by atoms with Gasteiger partial charge in [-0.1, -0.05) is 18.2 Å². The van der Waals surface area contributed by atoms with Gasteiger partial charge in [-0.3, -0.25) is 14.6 Å². The third kappa shape index (κ3) is 7.02. The van der Waals surface area contributed by atoms with Gasteiger partial charge in [0.1, 0.15) is 5.52 Å². The average molecular weight is 337 g/mol. The fourth-order valence-corrected chi connectivity index (χ4v) is 1.87. The molecule has 1 aromatic carbocycles. The molecule has 3 aromatic rings. The predicted molar refractivity (Wildman–Crippen MR) is 83.9 cm³/mol. The summed E-state index contributed by atoms with van der Waals surface area (Å²) in [7, 11) is -4.00. The SMILES string of the molecule is NC(N)=O.O=S(=O)(O)c1ccccc1.c1cnc2cn[nH]c2c1. The van der Waals surface area contributed by atoms with E-state index in [-0.39, 0.29) is 4.90 Å². The molecule has 2 heterocycles. The van der Waals surface area contributed by atoms with Crippen molar-refractivity contribution in [3.8, 4) is 0 Å². The molecular weight excluding hydrogens is 322 g/mol. The fourth-order valence-electron chi connectivity index (χ4n) is 1.37. The Balaban J connectivity index is 0.000000189. The molecule has 0 saturated heterocycles. The largest absolute Gasteiger partial charge is 0.352 e. The zero-order valence-corrected chi connectivity index (χ0v) is 12.6. The maximum absolute atomic E-state index is 10.4. The predicted octanol–water partition coefficient (Wildman–Crippen LogP) is 0.915. The lowest BCUT2D eigenvalue weighted by Gasteiger charge is -1.92. The Morgan fingerprint density at radius 3 is 2.17 bits per heavy atom. The standard InChI is InChI=1S/C6H5N3.C6H6O3S.CH4N2O/c1-2-5-6(7-3-1)4-8-9-5;7-10(8,9)6-4-2-1-3-5-6;2-1(3)4/h1-4H,(H,8,9);1-5H,(H,7,8,9);(H4,2,3,4). The Morgan fingerprint density at radius 2 is 1.70 bits per heavy atom. The average Bonchev–Trinajstić information content (AvgIpc) is 2.96. The van der Waals surface area contributed by atoms with E-state index in [2.05, 4.69) is 26.6 Å². The van der Waals surface area contributed by atoms with Crippen molar-refractivity contribution in [2.75, 3.05) is 0 Å². The fraction of sp³-hybridized carbons (Fsp3) is 0. The van der Waals surface area contributed by atoms with E-state index in [0.29, 0.717) is 0 Å². The molecule has 0 aliphatic rings. The number of hydrogen-bond acceptors (Lipinski definition) is 5. The number of primary amides is 2. The lowest BCUT2D eigenvalue weighted by atomic mass is 10.4. The number of carbonyl (C=O) groups excluding carboxylic acids is 1. The molecule has 0 bridgehead atoms. The van der Waals surface area contributed by atoms with E-state index < -0.39 is 16.1 Å². The van der Waals surface area contributed by atoms with Crippen molar-refractivity contribution < 1.29 is 17.8 Å². The number of aromatic nitrogens is 3. The molecule has 2 aromatic heterocycles. The lowest BCUT2D eigenvalue weighted by Crippen LogP contribution is -2.18. The second-order valence-corrected chi connectivity index (χ2v) is 5.42. The first kappa shape index (κ1) is 18.1. The highest BCUT2D eigenvalue weighted by Gasteiger charge is 2.05. The van der Waals surface area contributed by atoms with Gasteiger partial charge in [0.05, 0.1) is 16.6 Å². The van der Waals surface area contributed by atoms with Gasteiger partial charge in [-0.05, 0) is 24.3 Å². The van der Waals surface area contributed by atoms with Gasteiger partial charge in [-0.15, -0.1) is 0 Å². The van der Waals surface area contributed by atoms with Gasteiger partial charge in [-0.25, -0.2) is 4.79 Å². The highest BCUT2D eigenvalue weighted by atomic mass is 32.2. The van der Waals surface area contributed by atoms with Crippen molar-refractivity contribution in [2.45, 2.75) is 4.90 Å². The van der Waals surface area contributed by atoms with Crippen LogP contribution in [0.3, 0.4) is 0 Å². The molecule has 2 amide bonds. The molecule has 9 nitrogen and oxygen atoms in total. The van der Waals surface area contributed by atoms with E-state index >= 15 is 0 Å². The van der Waals surface area contributed by atoms with Crippen LogP contribution in [0.15, 0.2) is 59.8 Å². The van der Waals surface area contributed by atoms with Crippen LogP contribution in [-0.2, 0) is 10.1 Å². The molecular formula is C13H15N5O4S. The number of rotatable bonds is 1. The van der Waals surface area contributed by atoms with Gasteiger partial charge in [0.2, 0.25) is 0 Å². The van der Waals surface area contributed by atoms with Gasteiger partial charge >= 0.3 is 6.03 Å². The van der Waals surface area contributed by atoms with Gasteiger partial charge in [0, 0.05) is 6.20 Å². The number of nitrogens with zero attached hydrogens (tertiary/aromatic N) is 2. The summed E-state index contributed by atoms with van der Waals surface area (Å²) in [5.41, 5.74) is 10.4. The second-order valence-electron chi connectivity index (χ2n) is 4.00. The highest BCUT2D eigenvalue weighted by molar-refractivity contribution is 7.85. The van der Waals surface area contributed by atoms with Crippen LogP contribution in [-0.4, -0.2) is 34.2 Å². The Kier molecular flexibility index (Phi) is 6.65. The summed E-state index contributed by atoms with van der Waals surface area (Å²) in [6.45, 7) is 0. The topological polar surface area (TPSA) is 165 Å². The molecule has 122 valence electrons. The van der Waals surface area contributed by atoms with Crippen molar-refractivity contribution >= 4 is 27.2 Å². The molecule has 23 heavy (non-hydrogen) atoms. The smallest absolute Gasteiger partial charge is 0.309 e. The molecule has 0 unspecified atom stereocenters. The second kappa shape index (κ2) is 8.46. The minimum Gasteiger partial charge on any atom is -0.352 e. The first-order chi connectivity index (χ1) is 10.8. The zero-order chi connectivity index (χ0) is 17.3. The molecule has 0 aliphatic carbocycles. The summed E-state index contributed by atoms with van der Waals surface area (Å²) in [5.74, 6) is 0. The molecule has 0 saturated carbocycles. The molecule has 0 radical (unpaired) electrons. The van der Waals surface area contributed by atoms with Crippen molar-refractivity contribution in [2.24, 2.45) is 11.5 Å². The summed E-state index contributed by atoms with van der Waals surface area (Å²) < 4.78 is 29.2. The van der Waals surface area contributed by atoms with Crippen LogP contribution < -0.4 is 11.5 Å². The van der Waals surface area contributed by atoms with Crippen LogP contribution in [0, 0.1) is 0 Å². The Morgan fingerprint density at radius 1 is 1.09 bits per heavy atom. The normalized spacial score (nSPS) is 9.96. The van der Waals surface area contributed by atoms with E-state index in [1.165, 1.54) is 12.1 Å². The monoisotopic (exact) mass is 337 g/mol. The number of amides is 2. The first-order valence-corrected chi connectivity index (χ1v) is 7.56. The Labute approximate surface area is 132 Å². The van der Waals surface area contributed by atoms with Crippen molar-refractivity contribution in [1.82, 2.24) is 15.2 Å². The summed E-state index contributed by atoms with van der Waals surface area (Å²) in [6.07, 6.45) is 3.45. The number of urea groups is 1. The molecule has 0 aliphatic heterocycles. The molecule has 3 rings (SSSR count). The third-order valence-electron chi connectivity index (χ3n) is 2.25. The number of carbonyl (C=O) groups is 1. The Hall–Kier alpha value is -2.98. The highest BCUT2D eigenvalue weighted by Crippen LogP contribution is 2.05. The van der Waals surface area contributed by atoms with Crippen LogP contribution >= 0.6 is 0 Å². The van der Waals surface area contributed by atoms with Gasteiger partial charge in [0.15, 0.2) is 0 Å². The lowest BCUT2D eigenvalue weighted by molar-refractivity contribution is 0.256. The van der Waals surface area contributed by atoms with E-state index in [1.807, 2.05) is 12.1 Å². The zero-order valence-electron chi connectivity index (χ0n) is 11.8. The third-order valence-corrected chi connectivity index (χ3v) is 3.12. The molecule has 10 heteroatoms. The van der Waals surface area contributed by atoms with Crippen molar-refractivity contribution in [3.63, 3.8) is 0 Å². The van der Waals surface area contributed by atoms with Gasteiger partial charge in [0.25, 0.3) is 10.1 Å². The van der Waals surface area contributed by atoms with Crippen LogP contribution in [0.25, 0.3) is 11.0 Å². The number of nitrogens with one attached hydrogen (secondary N) is 1. The quantitative estimate of drug-likeness (QED) is 0.482. The van der Waals surface area contributed by atoms with E-state index in [0.717, 1.165) is 11.0 Å². The van der Waals surface area contributed by atoms with Crippen LogP contribution in [0.2, 0.25) is 0 Å².